The molecule has 6 heteroatoms. The molecule has 3 rings (SSSR count). The Labute approximate surface area is 157 Å². The molecule has 1 aliphatic rings. The van der Waals surface area contributed by atoms with Gasteiger partial charge in [0.1, 0.15) is 17.2 Å². The first kappa shape index (κ1) is 18.9. The second-order valence-electron chi connectivity index (χ2n) is 6.52. The lowest BCUT2D eigenvalue weighted by atomic mass is 9.87. The predicted octanol–water partition coefficient (Wildman–Crippen LogP) is 3.37. The average Bonchev–Trinajstić information content (AvgIpc) is 2.70. The van der Waals surface area contributed by atoms with Gasteiger partial charge in [0, 0.05) is 0 Å². The minimum Gasteiger partial charge on any atom is -0.497 e. The van der Waals surface area contributed by atoms with E-state index < -0.39 is 5.97 Å². The molecule has 6 nitrogen and oxygen atoms in total. The molecule has 0 aliphatic heterocycles. The van der Waals surface area contributed by atoms with E-state index in [9.17, 15) is 14.7 Å². The van der Waals surface area contributed by atoms with Crippen LogP contribution in [-0.2, 0) is 4.79 Å². The Morgan fingerprint density at radius 3 is 1.89 bits per heavy atom. The Hall–Kier alpha value is -2.86. The summed E-state index contributed by atoms with van der Waals surface area (Å²) in [7, 11) is 1.55. The highest BCUT2D eigenvalue weighted by atomic mass is 16.5. The number of aliphatic hydroxyl groups excluding tert-OH is 1. The molecular weight excluding hydrogens is 348 g/mol. The zero-order chi connectivity index (χ0) is 19.2. The van der Waals surface area contributed by atoms with Gasteiger partial charge in [-0.05, 0) is 74.2 Å². The molecule has 0 saturated heterocycles. The van der Waals surface area contributed by atoms with Crippen molar-refractivity contribution in [2.45, 2.75) is 31.8 Å². The van der Waals surface area contributed by atoms with E-state index in [0.717, 1.165) is 0 Å². The summed E-state index contributed by atoms with van der Waals surface area (Å²) in [5.74, 6) is 0.464. The lowest BCUT2D eigenvalue weighted by Gasteiger charge is -2.23. The van der Waals surface area contributed by atoms with Crippen molar-refractivity contribution in [2.75, 3.05) is 7.11 Å². The first-order valence-electron chi connectivity index (χ1n) is 8.91. The Morgan fingerprint density at radius 1 is 0.815 bits per heavy atom. The minimum absolute atomic E-state index is 0.180. The van der Waals surface area contributed by atoms with E-state index in [1.54, 1.807) is 55.6 Å². The molecule has 0 bridgehead atoms. The number of methoxy groups -OCH3 is 1. The number of benzene rings is 2. The van der Waals surface area contributed by atoms with E-state index in [1.165, 1.54) is 0 Å². The van der Waals surface area contributed by atoms with Gasteiger partial charge in [0.25, 0.3) is 0 Å². The van der Waals surface area contributed by atoms with Gasteiger partial charge >= 0.3 is 11.9 Å². The van der Waals surface area contributed by atoms with Crippen LogP contribution in [0.3, 0.4) is 0 Å². The third-order valence-electron chi connectivity index (χ3n) is 4.61. The number of esters is 2. The second kappa shape index (κ2) is 8.68. The summed E-state index contributed by atoms with van der Waals surface area (Å²) in [4.78, 5) is 24.3. The van der Waals surface area contributed by atoms with Crippen LogP contribution in [0, 0.1) is 5.92 Å². The Bertz CT molecular complexity index is 773. The van der Waals surface area contributed by atoms with Crippen molar-refractivity contribution < 1.29 is 28.9 Å². The zero-order valence-electron chi connectivity index (χ0n) is 15.1. The van der Waals surface area contributed by atoms with E-state index in [1.807, 2.05) is 0 Å². The molecule has 1 aliphatic carbocycles. The van der Waals surface area contributed by atoms with Crippen LogP contribution in [0.5, 0.6) is 17.2 Å². The third-order valence-corrected chi connectivity index (χ3v) is 4.61. The van der Waals surface area contributed by atoms with Gasteiger partial charge in [0.05, 0.1) is 24.7 Å². The lowest BCUT2D eigenvalue weighted by Crippen LogP contribution is -2.27. The molecule has 2 aromatic carbocycles. The highest BCUT2D eigenvalue weighted by Crippen LogP contribution is 2.27. The summed E-state index contributed by atoms with van der Waals surface area (Å²) in [5, 5.41) is 9.51. The molecule has 0 spiro atoms. The summed E-state index contributed by atoms with van der Waals surface area (Å²) < 4.78 is 15.8. The highest BCUT2D eigenvalue weighted by Gasteiger charge is 2.26. The molecule has 0 amide bonds. The summed E-state index contributed by atoms with van der Waals surface area (Å²) in [6.07, 6.45) is 2.21. The quantitative estimate of drug-likeness (QED) is 0.642. The van der Waals surface area contributed by atoms with Gasteiger partial charge in [0.2, 0.25) is 0 Å². The van der Waals surface area contributed by atoms with Gasteiger partial charge in [-0.3, -0.25) is 4.79 Å². The molecule has 1 fully saturated rings. The number of rotatable bonds is 5. The molecule has 1 N–H and O–H groups in total. The fourth-order valence-corrected chi connectivity index (χ4v) is 2.98. The van der Waals surface area contributed by atoms with Gasteiger partial charge in [-0.25, -0.2) is 4.79 Å². The SMILES string of the molecule is COc1ccc(C(=O)Oc2ccc(OC(=O)C3CCC(O)CC3)cc2)cc1. The Kier molecular flexibility index (Phi) is 6.08. The molecule has 2 aromatic rings. The van der Waals surface area contributed by atoms with E-state index in [0.29, 0.717) is 48.5 Å². The fraction of sp³-hybridized carbons (Fsp3) is 0.333. The largest absolute Gasteiger partial charge is 0.497 e. The topological polar surface area (TPSA) is 82.1 Å². The van der Waals surface area contributed by atoms with E-state index in [4.69, 9.17) is 14.2 Å². The van der Waals surface area contributed by atoms with E-state index in [-0.39, 0.29) is 18.0 Å². The van der Waals surface area contributed by atoms with Gasteiger partial charge in [-0.15, -0.1) is 0 Å². The number of carbonyl (C=O) groups excluding carboxylic acids is 2. The maximum atomic E-state index is 12.2. The van der Waals surface area contributed by atoms with Crippen molar-refractivity contribution >= 4 is 11.9 Å². The van der Waals surface area contributed by atoms with Crippen molar-refractivity contribution in [1.82, 2.24) is 0 Å². The number of hydrogen-bond donors (Lipinski definition) is 1. The summed E-state index contributed by atoms with van der Waals surface area (Å²) in [6.45, 7) is 0. The monoisotopic (exact) mass is 370 g/mol. The molecule has 0 unspecified atom stereocenters. The Morgan fingerprint density at radius 2 is 1.33 bits per heavy atom. The maximum absolute atomic E-state index is 12.2. The van der Waals surface area contributed by atoms with Crippen LogP contribution in [0.15, 0.2) is 48.5 Å². The third kappa shape index (κ3) is 5.08. The number of aliphatic hydroxyl groups is 1. The van der Waals surface area contributed by atoms with Crippen LogP contribution in [-0.4, -0.2) is 30.3 Å². The number of ether oxygens (including phenoxy) is 3. The molecular formula is C21H22O6. The second-order valence-corrected chi connectivity index (χ2v) is 6.52. The minimum atomic E-state index is -0.483. The number of hydrogen-bond acceptors (Lipinski definition) is 6. The van der Waals surface area contributed by atoms with Crippen LogP contribution in [0.25, 0.3) is 0 Å². The van der Waals surface area contributed by atoms with Gasteiger partial charge in [-0.1, -0.05) is 0 Å². The molecule has 27 heavy (non-hydrogen) atoms. The van der Waals surface area contributed by atoms with Crippen LogP contribution in [0.2, 0.25) is 0 Å². The first-order chi connectivity index (χ1) is 13.0. The van der Waals surface area contributed by atoms with Crippen molar-refractivity contribution in [3.63, 3.8) is 0 Å². The summed E-state index contributed by atoms with van der Waals surface area (Å²) in [6, 6.07) is 12.9. The van der Waals surface area contributed by atoms with Crippen LogP contribution < -0.4 is 14.2 Å². The van der Waals surface area contributed by atoms with Crippen molar-refractivity contribution in [3.8, 4) is 17.2 Å². The molecule has 142 valence electrons. The predicted molar refractivity (Wildman–Crippen MR) is 98.0 cm³/mol. The van der Waals surface area contributed by atoms with Crippen LogP contribution in [0.4, 0.5) is 0 Å². The smallest absolute Gasteiger partial charge is 0.343 e. The van der Waals surface area contributed by atoms with E-state index in [2.05, 4.69) is 0 Å². The van der Waals surface area contributed by atoms with Crippen molar-refractivity contribution in [3.05, 3.63) is 54.1 Å². The van der Waals surface area contributed by atoms with Gasteiger partial charge < -0.3 is 19.3 Å². The molecule has 0 radical (unpaired) electrons. The highest BCUT2D eigenvalue weighted by molar-refractivity contribution is 5.91. The summed E-state index contributed by atoms with van der Waals surface area (Å²) >= 11 is 0. The summed E-state index contributed by atoms with van der Waals surface area (Å²) in [5.41, 5.74) is 0.408. The van der Waals surface area contributed by atoms with Crippen LogP contribution >= 0.6 is 0 Å². The zero-order valence-corrected chi connectivity index (χ0v) is 15.1. The Balaban J connectivity index is 1.55. The lowest BCUT2D eigenvalue weighted by molar-refractivity contribution is -0.140. The average molecular weight is 370 g/mol. The maximum Gasteiger partial charge on any atom is 0.343 e. The molecule has 0 atom stereocenters. The van der Waals surface area contributed by atoms with Gasteiger partial charge in [0.15, 0.2) is 0 Å². The fourth-order valence-electron chi connectivity index (χ4n) is 2.98. The molecule has 1 saturated carbocycles. The standard InChI is InChI=1S/C21H22O6/c1-25-17-8-4-15(5-9-17)21(24)27-19-12-10-18(11-13-19)26-20(23)14-2-6-16(22)7-3-14/h4-5,8-14,16,22H,2-3,6-7H2,1H3. The van der Waals surface area contributed by atoms with E-state index >= 15 is 0 Å². The van der Waals surface area contributed by atoms with Crippen LogP contribution in [0.1, 0.15) is 36.0 Å². The normalized spacial score (nSPS) is 19.2. The van der Waals surface area contributed by atoms with Gasteiger partial charge in [-0.2, -0.15) is 0 Å². The molecule has 0 heterocycles. The molecule has 0 aromatic heterocycles. The number of carbonyl (C=O) groups is 2. The first-order valence-corrected chi connectivity index (χ1v) is 8.91. The van der Waals surface area contributed by atoms with Crippen molar-refractivity contribution in [2.24, 2.45) is 5.92 Å². The van der Waals surface area contributed by atoms with Crippen molar-refractivity contribution in [1.29, 1.82) is 0 Å².